The first-order chi connectivity index (χ1) is 1.73. The van der Waals surface area contributed by atoms with Crippen LogP contribution >= 0.6 is 0 Å². The van der Waals surface area contributed by atoms with Crippen molar-refractivity contribution in [3.8, 4) is 0 Å². The van der Waals surface area contributed by atoms with Crippen LogP contribution in [0.25, 0.3) is 0 Å². The fourth-order valence-electron chi connectivity index (χ4n) is 0. The van der Waals surface area contributed by atoms with Crippen LogP contribution in [0, 0.1) is 0 Å². The zero-order chi connectivity index (χ0) is 3.58. The molecule has 3 nitrogen and oxygen atoms in total. The van der Waals surface area contributed by atoms with Gasteiger partial charge < -0.3 is 14.1 Å². The monoisotopic (exact) mass is 253 g/mol. The van der Waals surface area contributed by atoms with E-state index in [9.17, 15) is 0 Å². The molecule has 0 N–H and O–H groups in total. The number of rotatable bonds is 0. The second-order valence-electron chi connectivity index (χ2n) is 0.250. The maximum atomic E-state index is 8.52. The molecule has 0 aliphatic carbocycles. The summed E-state index contributed by atoms with van der Waals surface area (Å²) in [7, 11) is -3.63. The standard InChI is InChI=1S/O3Si.Sr.Y/c1-4(2)3;;/q-2;+2;+3. The first-order valence-electron chi connectivity index (χ1n) is 0.612. The van der Waals surface area contributed by atoms with Crippen LogP contribution in [0.3, 0.4) is 0 Å². The summed E-state index contributed by atoms with van der Waals surface area (Å²) < 4.78 is 8.52. The third kappa shape index (κ3) is 34.6. The van der Waals surface area contributed by atoms with E-state index in [0.29, 0.717) is 0 Å². The van der Waals surface area contributed by atoms with Gasteiger partial charge in [0.05, 0.1) is 0 Å². The van der Waals surface area contributed by atoms with Gasteiger partial charge in [0.25, 0.3) is 0 Å². The molecule has 0 aliphatic rings. The molecule has 0 aromatic heterocycles. The normalized spacial score (nSPS) is 4.00. The summed E-state index contributed by atoms with van der Waals surface area (Å²) in [5.74, 6) is 0. The van der Waals surface area contributed by atoms with Crippen LogP contribution in [-0.4, -0.2) is 54.7 Å². The Morgan fingerprint density at radius 1 is 1.33 bits per heavy atom. The average molecular weight is 253 g/mol. The topological polar surface area (TPSA) is 63.2 Å². The second kappa shape index (κ2) is 10.2. The van der Waals surface area contributed by atoms with E-state index in [4.69, 9.17) is 14.1 Å². The Labute approximate surface area is 99.2 Å². The summed E-state index contributed by atoms with van der Waals surface area (Å²) in [5.41, 5.74) is 0. The Kier molecular flexibility index (Phi) is 26.8. The molecule has 0 fully saturated rings. The van der Waals surface area contributed by atoms with E-state index in [1.54, 1.807) is 0 Å². The van der Waals surface area contributed by atoms with Gasteiger partial charge in [-0.15, -0.1) is 0 Å². The molecule has 0 rings (SSSR count). The van der Waals surface area contributed by atoms with Gasteiger partial charge in [-0.1, -0.05) is 0 Å². The SMILES string of the molecule is O=[Si]([O-])[O-].[Sr+2].[Y+3]. The Balaban J connectivity index is -0.0000000450. The fourth-order valence-corrected chi connectivity index (χ4v) is 0. The molecular weight excluding hydrogens is 253 g/mol. The molecule has 0 saturated carbocycles. The van der Waals surface area contributed by atoms with Gasteiger partial charge in [0, 0.05) is 9.17 Å². The van der Waals surface area contributed by atoms with E-state index >= 15 is 0 Å². The predicted octanol–water partition coefficient (Wildman–Crippen LogP) is -3.26. The van der Waals surface area contributed by atoms with Crippen LogP contribution in [-0.2, 0) is 37.2 Å². The van der Waals surface area contributed by atoms with Crippen molar-refractivity contribution < 1.29 is 46.8 Å². The van der Waals surface area contributed by atoms with Gasteiger partial charge in [0.2, 0.25) is 0 Å². The summed E-state index contributed by atoms with van der Waals surface area (Å²) in [5, 5.41) is 0. The van der Waals surface area contributed by atoms with Gasteiger partial charge in [-0.3, -0.25) is 0 Å². The van der Waals surface area contributed by atoms with E-state index in [-0.39, 0.29) is 78.2 Å². The second-order valence-corrected chi connectivity index (χ2v) is 0.750. The first kappa shape index (κ1) is 15.7. The van der Waals surface area contributed by atoms with Crippen LogP contribution in [0.4, 0.5) is 0 Å². The Morgan fingerprint density at radius 3 is 1.33 bits per heavy atom. The summed E-state index contributed by atoms with van der Waals surface area (Å²) >= 11 is 0. The minimum Gasteiger partial charge on any atom is -0.672 e. The van der Waals surface area contributed by atoms with Crippen molar-refractivity contribution in [3.05, 3.63) is 0 Å². The fraction of sp³-hybridized carbons (Fsp3) is 0. The molecule has 0 unspecified atom stereocenters. The van der Waals surface area contributed by atoms with E-state index in [0.717, 1.165) is 0 Å². The van der Waals surface area contributed by atoms with Crippen LogP contribution < -0.4 is 9.59 Å². The molecule has 24 valence electrons. The van der Waals surface area contributed by atoms with Gasteiger partial charge in [-0.2, -0.15) is 0 Å². The molecular formula is O3SiSrY+3. The van der Waals surface area contributed by atoms with Crippen molar-refractivity contribution in [1.29, 1.82) is 0 Å². The minimum atomic E-state index is -3.63. The maximum absolute atomic E-state index is 8.52. The molecule has 0 aromatic rings. The van der Waals surface area contributed by atoms with E-state index in [2.05, 4.69) is 0 Å². The summed E-state index contributed by atoms with van der Waals surface area (Å²) in [4.78, 5) is 17.0. The van der Waals surface area contributed by atoms with Crippen molar-refractivity contribution in [2.45, 2.75) is 0 Å². The largest absolute Gasteiger partial charge is 3.00 e. The average Bonchev–Trinajstić information content (AvgIpc) is 0.811. The Bertz CT molecular complexity index is 33.8. The molecule has 0 radical (unpaired) electrons. The third-order valence-electron chi connectivity index (χ3n) is 0. The van der Waals surface area contributed by atoms with Gasteiger partial charge in [-0.25, -0.2) is 0 Å². The van der Waals surface area contributed by atoms with Crippen molar-refractivity contribution in [2.24, 2.45) is 0 Å². The minimum absolute atomic E-state index is 0. The molecule has 0 aliphatic heterocycles. The van der Waals surface area contributed by atoms with Gasteiger partial charge in [-0.05, 0) is 0 Å². The summed E-state index contributed by atoms with van der Waals surface area (Å²) in [6.07, 6.45) is 0. The van der Waals surface area contributed by atoms with Gasteiger partial charge in [0.15, 0.2) is 0 Å². The predicted molar refractivity (Wildman–Crippen MR) is 12.2 cm³/mol. The number of hydrogen-bond acceptors (Lipinski definition) is 3. The summed E-state index contributed by atoms with van der Waals surface area (Å²) in [6.45, 7) is 0. The molecule has 0 bridgehead atoms. The molecule has 0 amide bonds. The van der Waals surface area contributed by atoms with E-state index in [1.165, 1.54) is 0 Å². The molecule has 0 aromatic carbocycles. The summed E-state index contributed by atoms with van der Waals surface area (Å²) in [6, 6.07) is 0. The van der Waals surface area contributed by atoms with Gasteiger partial charge in [0.1, 0.15) is 0 Å². The Morgan fingerprint density at radius 2 is 1.33 bits per heavy atom. The van der Waals surface area contributed by atoms with E-state index < -0.39 is 9.17 Å². The van der Waals surface area contributed by atoms with Crippen molar-refractivity contribution in [3.63, 3.8) is 0 Å². The van der Waals surface area contributed by atoms with Crippen LogP contribution in [0.1, 0.15) is 0 Å². The molecule has 6 heavy (non-hydrogen) atoms. The molecule has 0 saturated heterocycles. The van der Waals surface area contributed by atoms with Crippen molar-refractivity contribution in [1.82, 2.24) is 0 Å². The van der Waals surface area contributed by atoms with Crippen LogP contribution in [0.2, 0.25) is 0 Å². The zero-order valence-corrected chi connectivity index (χ0v) is 10.3. The molecule has 6 heteroatoms. The molecule has 0 heterocycles. The zero-order valence-electron chi connectivity index (χ0n) is 3.01. The first-order valence-corrected chi connectivity index (χ1v) is 1.84. The van der Waals surface area contributed by atoms with Crippen LogP contribution in [0.5, 0.6) is 0 Å². The van der Waals surface area contributed by atoms with E-state index in [1.807, 2.05) is 0 Å². The van der Waals surface area contributed by atoms with Gasteiger partial charge >= 0.3 is 78.2 Å². The quantitative estimate of drug-likeness (QED) is 0.425. The van der Waals surface area contributed by atoms with Crippen molar-refractivity contribution in [2.75, 3.05) is 0 Å². The molecule has 0 spiro atoms. The maximum Gasteiger partial charge on any atom is 3.00 e. The number of hydrogen-bond donors (Lipinski definition) is 0. The Hall–Kier alpha value is 2.20. The van der Waals surface area contributed by atoms with Crippen molar-refractivity contribution >= 4 is 54.7 Å². The third-order valence-corrected chi connectivity index (χ3v) is 0. The molecule has 0 atom stereocenters. The smallest absolute Gasteiger partial charge is 0.672 e. The van der Waals surface area contributed by atoms with Crippen LogP contribution in [0.15, 0.2) is 0 Å².